The summed E-state index contributed by atoms with van der Waals surface area (Å²) in [6, 6.07) is 1.76. The SMILES string of the molecule is N#Cc1cnc(NC2CCCS(=O)(=O)C2)cn1. The van der Waals surface area contributed by atoms with Crippen LogP contribution in [0, 0.1) is 11.3 Å². The summed E-state index contributed by atoms with van der Waals surface area (Å²) in [5.74, 6) is 0.907. The van der Waals surface area contributed by atoms with Crippen molar-refractivity contribution in [1.82, 2.24) is 9.97 Å². The minimum absolute atomic E-state index is 0.115. The molecule has 0 radical (unpaired) electrons. The minimum Gasteiger partial charge on any atom is -0.365 e. The lowest BCUT2D eigenvalue weighted by Gasteiger charge is -2.23. The Bertz CT molecular complexity index is 532. The Labute approximate surface area is 99.6 Å². The maximum atomic E-state index is 11.4. The van der Waals surface area contributed by atoms with Crippen LogP contribution in [-0.2, 0) is 9.84 Å². The standard InChI is InChI=1S/C10H12N4O2S/c11-4-9-5-13-10(6-12-9)14-8-2-1-3-17(15,16)7-8/h5-6,8H,1-3,7H2,(H,13,14). The number of nitrogens with zero attached hydrogens (tertiary/aromatic N) is 3. The van der Waals surface area contributed by atoms with E-state index in [-0.39, 0.29) is 23.2 Å². The van der Waals surface area contributed by atoms with Gasteiger partial charge in [-0.3, -0.25) is 0 Å². The first-order chi connectivity index (χ1) is 8.09. The third-order valence-electron chi connectivity index (χ3n) is 2.58. The highest BCUT2D eigenvalue weighted by Crippen LogP contribution is 2.15. The molecule has 1 aromatic rings. The van der Waals surface area contributed by atoms with E-state index < -0.39 is 9.84 Å². The lowest BCUT2D eigenvalue weighted by molar-refractivity contribution is 0.561. The second kappa shape index (κ2) is 4.67. The highest BCUT2D eigenvalue weighted by atomic mass is 32.2. The van der Waals surface area contributed by atoms with Gasteiger partial charge in [0.1, 0.15) is 11.9 Å². The van der Waals surface area contributed by atoms with E-state index in [2.05, 4.69) is 15.3 Å². The van der Waals surface area contributed by atoms with Crippen LogP contribution in [0.2, 0.25) is 0 Å². The van der Waals surface area contributed by atoms with Gasteiger partial charge in [-0.2, -0.15) is 5.26 Å². The van der Waals surface area contributed by atoms with Crippen molar-refractivity contribution in [2.24, 2.45) is 0 Å². The van der Waals surface area contributed by atoms with Gasteiger partial charge in [0, 0.05) is 6.04 Å². The van der Waals surface area contributed by atoms with Gasteiger partial charge in [0.05, 0.1) is 23.9 Å². The summed E-state index contributed by atoms with van der Waals surface area (Å²) in [5, 5.41) is 11.6. The van der Waals surface area contributed by atoms with Crippen LogP contribution in [0.4, 0.5) is 5.82 Å². The van der Waals surface area contributed by atoms with Crippen LogP contribution in [0.1, 0.15) is 18.5 Å². The van der Waals surface area contributed by atoms with Gasteiger partial charge in [0.15, 0.2) is 15.5 Å². The molecule has 0 spiro atoms. The van der Waals surface area contributed by atoms with Crippen LogP contribution in [0.25, 0.3) is 0 Å². The van der Waals surface area contributed by atoms with Crippen molar-refractivity contribution >= 4 is 15.7 Å². The zero-order valence-corrected chi connectivity index (χ0v) is 9.94. The monoisotopic (exact) mass is 252 g/mol. The van der Waals surface area contributed by atoms with Gasteiger partial charge >= 0.3 is 0 Å². The number of hydrogen-bond acceptors (Lipinski definition) is 6. The average Bonchev–Trinajstić information content (AvgIpc) is 2.29. The fraction of sp³-hybridized carbons (Fsp3) is 0.500. The molecular formula is C10H12N4O2S. The molecule has 7 heteroatoms. The topological polar surface area (TPSA) is 95.7 Å². The lowest BCUT2D eigenvalue weighted by Crippen LogP contribution is -2.35. The Kier molecular flexibility index (Phi) is 3.24. The summed E-state index contributed by atoms with van der Waals surface area (Å²) < 4.78 is 22.9. The van der Waals surface area contributed by atoms with Gasteiger partial charge < -0.3 is 5.32 Å². The Morgan fingerprint density at radius 1 is 1.41 bits per heavy atom. The molecule has 1 atom stereocenters. The Morgan fingerprint density at radius 2 is 2.24 bits per heavy atom. The number of nitriles is 1. The largest absolute Gasteiger partial charge is 0.365 e. The molecule has 1 aliphatic heterocycles. The molecule has 1 aromatic heterocycles. The molecule has 1 fully saturated rings. The van der Waals surface area contributed by atoms with E-state index in [4.69, 9.17) is 5.26 Å². The van der Waals surface area contributed by atoms with Crippen LogP contribution >= 0.6 is 0 Å². The van der Waals surface area contributed by atoms with E-state index in [9.17, 15) is 8.42 Å². The molecule has 17 heavy (non-hydrogen) atoms. The number of sulfone groups is 1. The molecule has 1 saturated heterocycles. The summed E-state index contributed by atoms with van der Waals surface area (Å²) in [6.45, 7) is 0. The second-order valence-corrected chi connectivity index (χ2v) is 6.23. The van der Waals surface area contributed by atoms with Gasteiger partial charge in [-0.1, -0.05) is 0 Å². The molecule has 0 aliphatic carbocycles. The molecule has 1 unspecified atom stereocenters. The molecular weight excluding hydrogens is 240 g/mol. The maximum absolute atomic E-state index is 11.4. The minimum atomic E-state index is -2.93. The normalized spacial score (nSPS) is 22.6. The first kappa shape index (κ1) is 11.8. The predicted octanol–water partition coefficient (Wildman–Crippen LogP) is 0.337. The molecule has 0 saturated carbocycles. The smallest absolute Gasteiger partial charge is 0.158 e. The van der Waals surface area contributed by atoms with Gasteiger partial charge in [-0.15, -0.1) is 0 Å². The Hall–Kier alpha value is -1.68. The highest BCUT2D eigenvalue weighted by Gasteiger charge is 2.24. The summed E-state index contributed by atoms with van der Waals surface area (Å²) in [4.78, 5) is 7.86. The van der Waals surface area contributed by atoms with Gasteiger partial charge in [0.2, 0.25) is 0 Å². The van der Waals surface area contributed by atoms with Crippen LogP contribution < -0.4 is 5.32 Å². The molecule has 0 aromatic carbocycles. The van der Waals surface area contributed by atoms with E-state index in [0.717, 1.165) is 6.42 Å². The van der Waals surface area contributed by atoms with Crippen molar-refractivity contribution in [3.63, 3.8) is 0 Å². The van der Waals surface area contributed by atoms with E-state index in [1.165, 1.54) is 12.4 Å². The number of nitrogens with one attached hydrogen (secondary N) is 1. The lowest BCUT2D eigenvalue weighted by atomic mass is 10.2. The van der Waals surface area contributed by atoms with Crippen molar-refractivity contribution < 1.29 is 8.42 Å². The molecule has 2 rings (SSSR count). The average molecular weight is 252 g/mol. The first-order valence-electron chi connectivity index (χ1n) is 5.28. The van der Waals surface area contributed by atoms with E-state index in [0.29, 0.717) is 12.2 Å². The van der Waals surface area contributed by atoms with Crippen molar-refractivity contribution in [3.8, 4) is 6.07 Å². The van der Waals surface area contributed by atoms with E-state index >= 15 is 0 Å². The summed E-state index contributed by atoms with van der Waals surface area (Å²) in [6.07, 6.45) is 4.28. The maximum Gasteiger partial charge on any atom is 0.158 e. The fourth-order valence-corrected chi connectivity index (χ4v) is 3.44. The van der Waals surface area contributed by atoms with Gasteiger partial charge in [-0.05, 0) is 12.8 Å². The predicted molar refractivity (Wildman–Crippen MR) is 62.0 cm³/mol. The van der Waals surface area contributed by atoms with Crippen molar-refractivity contribution in [1.29, 1.82) is 5.26 Å². The van der Waals surface area contributed by atoms with Crippen LogP contribution in [-0.4, -0.2) is 35.9 Å². The molecule has 1 N–H and O–H groups in total. The van der Waals surface area contributed by atoms with Crippen LogP contribution in [0.5, 0.6) is 0 Å². The molecule has 0 amide bonds. The highest BCUT2D eigenvalue weighted by molar-refractivity contribution is 7.91. The van der Waals surface area contributed by atoms with Crippen molar-refractivity contribution in [2.75, 3.05) is 16.8 Å². The zero-order valence-electron chi connectivity index (χ0n) is 9.13. The summed E-state index contributed by atoms with van der Waals surface area (Å²) in [7, 11) is -2.93. The molecule has 1 aliphatic rings. The number of rotatable bonds is 2. The third kappa shape index (κ3) is 3.14. The van der Waals surface area contributed by atoms with Crippen molar-refractivity contribution in [3.05, 3.63) is 18.1 Å². The Morgan fingerprint density at radius 3 is 2.82 bits per heavy atom. The molecule has 6 nitrogen and oxygen atoms in total. The van der Waals surface area contributed by atoms with Crippen LogP contribution in [0.3, 0.4) is 0 Å². The molecule has 2 heterocycles. The fourth-order valence-electron chi connectivity index (χ4n) is 1.81. The summed E-state index contributed by atoms with van der Waals surface area (Å²) >= 11 is 0. The van der Waals surface area contributed by atoms with Gasteiger partial charge in [-0.25, -0.2) is 18.4 Å². The Balaban J connectivity index is 2.03. The summed E-state index contributed by atoms with van der Waals surface area (Å²) in [5.41, 5.74) is 0.242. The number of hydrogen-bond donors (Lipinski definition) is 1. The van der Waals surface area contributed by atoms with Crippen molar-refractivity contribution in [2.45, 2.75) is 18.9 Å². The first-order valence-corrected chi connectivity index (χ1v) is 7.10. The second-order valence-electron chi connectivity index (χ2n) is 4.00. The van der Waals surface area contributed by atoms with Gasteiger partial charge in [0.25, 0.3) is 0 Å². The molecule has 0 bridgehead atoms. The van der Waals surface area contributed by atoms with E-state index in [1.807, 2.05) is 6.07 Å². The molecule has 90 valence electrons. The quantitative estimate of drug-likeness (QED) is 0.815. The zero-order chi connectivity index (χ0) is 12.3. The third-order valence-corrected chi connectivity index (χ3v) is 4.40. The number of anilines is 1. The van der Waals surface area contributed by atoms with E-state index in [1.54, 1.807) is 0 Å². The van der Waals surface area contributed by atoms with Crippen LogP contribution in [0.15, 0.2) is 12.4 Å². The number of aromatic nitrogens is 2.